The van der Waals surface area contributed by atoms with Gasteiger partial charge in [0.05, 0.1) is 12.5 Å². The molecule has 0 aromatic rings. The lowest BCUT2D eigenvalue weighted by Gasteiger charge is -2.13. The van der Waals surface area contributed by atoms with Crippen molar-refractivity contribution in [1.29, 1.82) is 0 Å². The number of hydrogen-bond acceptors (Lipinski definition) is 3. The number of carbonyl (C=O) groups is 2. The Kier molecular flexibility index (Phi) is 3.25. The molecule has 1 aliphatic rings. The van der Waals surface area contributed by atoms with E-state index in [-0.39, 0.29) is 12.3 Å². The Hall–Kier alpha value is -1.10. The zero-order chi connectivity index (χ0) is 9.84. The zero-order valence-electron chi connectivity index (χ0n) is 7.67. The fourth-order valence-electron chi connectivity index (χ4n) is 1.06. The van der Waals surface area contributed by atoms with E-state index < -0.39 is 11.9 Å². The summed E-state index contributed by atoms with van der Waals surface area (Å²) in [6.45, 7) is 0. The fourth-order valence-corrected chi connectivity index (χ4v) is 1.06. The number of nitrogens with one attached hydrogen (secondary N) is 2. The summed E-state index contributed by atoms with van der Waals surface area (Å²) in [7, 11) is 1.54. The van der Waals surface area contributed by atoms with Gasteiger partial charge in [0.1, 0.15) is 0 Å². The second-order valence-corrected chi connectivity index (χ2v) is 3.27. The van der Waals surface area contributed by atoms with Gasteiger partial charge in [0.2, 0.25) is 11.8 Å². The van der Waals surface area contributed by atoms with Crippen molar-refractivity contribution in [3.8, 4) is 0 Å². The average Bonchev–Trinajstić information content (AvgIpc) is 2.86. The van der Waals surface area contributed by atoms with E-state index in [1.54, 1.807) is 0 Å². The first-order chi connectivity index (χ1) is 6.13. The Labute approximate surface area is 77.1 Å². The summed E-state index contributed by atoms with van der Waals surface area (Å²) in [6.07, 6.45) is 2.26. The lowest BCUT2D eigenvalue weighted by Crippen LogP contribution is -2.45. The van der Waals surface area contributed by atoms with Gasteiger partial charge in [0, 0.05) is 13.1 Å². The van der Waals surface area contributed by atoms with Crippen molar-refractivity contribution in [2.75, 3.05) is 7.05 Å². The summed E-state index contributed by atoms with van der Waals surface area (Å²) >= 11 is 0. The molecule has 1 rings (SSSR count). The number of rotatable bonds is 5. The Morgan fingerprint density at radius 2 is 2.15 bits per heavy atom. The Bertz CT molecular complexity index is 213. The predicted molar refractivity (Wildman–Crippen MR) is 47.8 cm³/mol. The number of nitrogens with two attached hydrogens (primary N) is 1. The molecule has 1 unspecified atom stereocenters. The minimum Gasteiger partial charge on any atom is -0.368 e. The Balaban J connectivity index is 2.36. The second kappa shape index (κ2) is 4.23. The lowest BCUT2D eigenvalue weighted by molar-refractivity contribution is -0.126. The number of carbonyl (C=O) groups excluding carboxylic acids is 2. The molecule has 5 nitrogen and oxygen atoms in total. The largest absolute Gasteiger partial charge is 0.368 e. The highest BCUT2D eigenvalue weighted by molar-refractivity contribution is 5.87. The molecule has 0 aromatic heterocycles. The van der Waals surface area contributed by atoms with Crippen LogP contribution in [0.5, 0.6) is 0 Å². The topological polar surface area (TPSA) is 84.2 Å². The van der Waals surface area contributed by atoms with Crippen LogP contribution in [0.15, 0.2) is 0 Å². The predicted octanol–water partition coefficient (Wildman–Crippen LogP) is -1.27. The molecule has 0 aliphatic heterocycles. The van der Waals surface area contributed by atoms with Crippen molar-refractivity contribution in [2.45, 2.75) is 31.3 Å². The van der Waals surface area contributed by atoms with Gasteiger partial charge in [0.15, 0.2) is 0 Å². The van der Waals surface area contributed by atoms with E-state index >= 15 is 0 Å². The van der Waals surface area contributed by atoms with Crippen LogP contribution in [0.1, 0.15) is 19.3 Å². The van der Waals surface area contributed by atoms with Crippen molar-refractivity contribution in [1.82, 2.24) is 10.6 Å². The fraction of sp³-hybridized carbons (Fsp3) is 0.750. The molecule has 0 spiro atoms. The van der Waals surface area contributed by atoms with Crippen LogP contribution in [0, 0.1) is 0 Å². The third-order valence-electron chi connectivity index (χ3n) is 2.03. The lowest BCUT2D eigenvalue weighted by atomic mass is 10.2. The maximum Gasteiger partial charge on any atom is 0.235 e. The molecular weight excluding hydrogens is 170 g/mol. The molecule has 0 saturated heterocycles. The van der Waals surface area contributed by atoms with Crippen molar-refractivity contribution in [3.63, 3.8) is 0 Å². The van der Waals surface area contributed by atoms with Gasteiger partial charge in [-0.1, -0.05) is 0 Å². The molecule has 0 heterocycles. The summed E-state index contributed by atoms with van der Waals surface area (Å²) in [5.41, 5.74) is 5.13. The molecule has 0 bridgehead atoms. The molecule has 0 radical (unpaired) electrons. The van der Waals surface area contributed by atoms with Crippen molar-refractivity contribution in [2.24, 2.45) is 5.73 Å². The van der Waals surface area contributed by atoms with Gasteiger partial charge in [-0.15, -0.1) is 0 Å². The smallest absolute Gasteiger partial charge is 0.235 e. The Morgan fingerprint density at radius 3 is 2.54 bits per heavy atom. The van der Waals surface area contributed by atoms with Crippen molar-refractivity contribution < 1.29 is 9.59 Å². The molecule has 2 amide bonds. The third-order valence-corrected chi connectivity index (χ3v) is 2.03. The monoisotopic (exact) mass is 185 g/mol. The Morgan fingerprint density at radius 1 is 1.54 bits per heavy atom. The molecular formula is C8H15N3O2. The minimum atomic E-state index is -0.521. The van der Waals surface area contributed by atoms with Gasteiger partial charge in [-0.2, -0.15) is 0 Å². The van der Waals surface area contributed by atoms with Gasteiger partial charge in [0.25, 0.3) is 0 Å². The highest BCUT2D eigenvalue weighted by Crippen LogP contribution is 2.19. The highest BCUT2D eigenvalue weighted by atomic mass is 16.2. The molecule has 1 saturated carbocycles. The van der Waals surface area contributed by atoms with Crippen molar-refractivity contribution >= 4 is 11.8 Å². The minimum absolute atomic E-state index is 0.127. The molecule has 1 atom stereocenters. The van der Waals surface area contributed by atoms with Crippen LogP contribution in [-0.2, 0) is 9.59 Å². The summed E-state index contributed by atoms with van der Waals surface area (Å²) in [5.74, 6) is -0.632. The zero-order valence-corrected chi connectivity index (χ0v) is 7.67. The van der Waals surface area contributed by atoms with Crippen LogP contribution >= 0.6 is 0 Å². The van der Waals surface area contributed by atoms with Crippen LogP contribution < -0.4 is 16.4 Å². The standard InChI is InChI=1S/C8H15N3O2/c1-10-7(12)4-6(8(9)13)11-5-2-3-5/h5-6,11H,2-4H2,1H3,(H2,9,13)(H,10,12). The van der Waals surface area contributed by atoms with Gasteiger partial charge in [-0.05, 0) is 12.8 Å². The van der Waals surface area contributed by atoms with E-state index in [1.165, 1.54) is 7.05 Å². The molecule has 74 valence electrons. The van der Waals surface area contributed by atoms with E-state index in [1.807, 2.05) is 0 Å². The molecule has 13 heavy (non-hydrogen) atoms. The first kappa shape index (κ1) is 9.98. The normalized spacial score (nSPS) is 17.9. The first-order valence-corrected chi connectivity index (χ1v) is 4.39. The summed E-state index contributed by atoms with van der Waals surface area (Å²) in [4.78, 5) is 21.9. The average molecular weight is 185 g/mol. The maximum atomic E-state index is 11.0. The second-order valence-electron chi connectivity index (χ2n) is 3.27. The van der Waals surface area contributed by atoms with E-state index in [0.717, 1.165) is 12.8 Å². The quantitative estimate of drug-likeness (QED) is 0.499. The van der Waals surface area contributed by atoms with Gasteiger partial charge in [-0.3, -0.25) is 9.59 Å². The molecule has 4 N–H and O–H groups in total. The van der Waals surface area contributed by atoms with Gasteiger partial charge >= 0.3 is 0 Å². The van der Waals surface area contributed by atoms with Gasteiger partial charge < -0.3 is 16.4 Å². The van der Waals surface area contributed by atoms with Gasteiger partial charge in [-0.25, -0.2) is 0 Å². The van der Waals surface area contributed by atoms with Crippen LogP contribution in [-0.4, -0.2) is 30.9 Å². The van der Waals surface area contributed by atoms with E-state index in [4.69, 9.17) is 5.73 Å². The van der Waals surface area contributed by atoms with E-state index in [2.05, 4.69) is 10.6 Å². The van der Waals surface area contributed by atoms with E-state index in [9.17, 15) is 9.59 Å². The van der Waals surface area contributed by atoms with E-state index in [0.29, 0.717) is 6.04 Å². The third kappa shape index (κ3) is 3.42. The summed E-state index contributed by atoms with van der Waals surface area (Å²) in [5, 5.41) is 5.48. The molecule has 0 aromatic carbocycles. The number of hydrogen-bond donors (Lipinski definition) is 3. The SMILES string of the molecule is CNC(=O)CC(NC1CC1)C(N)=O. The maximum absolute atomic E-state index is 11.0. The first-order valence-electron chi connectivity index (χ1n) is 4.39. The summed E-state index contributed by atoms with van der Waals surface area (Å²) in [6, 6.07) is -0.144. The van der Waals surface area contributed by atoms with Crippen LogP contribution in [0.4, 0.5) is 0 Å². The molecule has 1 aliphatic carbocycles. The molecule has 1 fully saturated rings. The number of primary amides is 1. The van der Waals surface area contributed by atoms with Crippen LogP contribution in [0.3, 0.4) is 0 Å². The molecule has 5 heteroatoms. The number of amides is 2. The summed E-state index contributed by atoms with van der Waals surface area (Å²) < 4.78 is 0. The van der Waals surface area contributed by atoms with Crippen LogP contribution in [0.2, 0.25) is 0 Å². The highest BCUT2D eigenvalue weighted by Gasteiger charge is 2.28. The van der Waals surface area contributed by atoms with Crippen LogP contribution in [0.25, 0.3) is 0 Å². The van der Waals surface area contributed by atoms with Crippen molar-refractivity contribution in [3.05, 3.63) is 0 Å².